The maximum atomic E-state index is 12.9. The van der Waals surface area contributed by atoms with E-state index in [1.807, 2.05) is 26.1 Å². The monoisotopic (exact) mass is 358 g/mol. The summed E-state index contributed by atoms with van der Waals surface area (Å²) in [6.07, 6.45) is 1.58. The van der Waals surface area contributed by atoms with Crippen LogP contribution in [0.4, 0.5) is 20.6 Å². The van der Waals surface area contributed by atoms with Crippen molar-refractivity contribution in [2.45, 2.75) is 6.92 Å². The van der Waals surface area contributed by atoms with E-state index >= 15 is 0 Å². The van der Waals surface area contributed by atoms with Gasteiger partial charge in [0.25, 0.3) is 0 Å². The summed E-state index contributed by atoms with van der Waals surface area (Å²) in [6, 6.07) is 10.7. The quantitative estimate of drug-likeness (QED) is 0.704. The molecule has 0 aliphatic carbocycles. The predicted octanol–water partition coefficient (Wildman–Crippen LogP) is 4.83. The number of carbonyl (C=O) groups excluding carboxylic acids is 1. The second-order valence-corrected chi connectivity index (χ2v) is 5.99. The molecule has 0 radical (unpaired) electrons. The second kappa shape index (κ2) is 6.94. The van der Waals surface area contributed by atoms with Crippen LogP contribution in [0.5, 0.6) is 0 Å². The first-order valence-electron chi connectivity index (χ1n) is 7.56. The number of anilines is 2. The Morgan fingerprint density at radius 1 is 1.12 bits per heavy atom. The van der Waals surface area contributed by atoms with Crippen molar-refractivity contribution >= 4 is 29.0 Å². The highest BCUT2D eigenvalue weighted by atomic mass is 35.5. The van der Waals surface area contributed by atoms with E-state index in [9.17, 15) is 9.18 Å². The zero-order valence-electron chi connectivity index (χ0n) is 13.7. The van der Waals surface area contributed by atoms with Crippen molar-refractivity contribution in [3.8, 4) is 11.3 Å². The molecule has 0 aliphatic rings. The molecule has 3 rings (SSSR count). The molecule has 0 aliphatic heterocycles. The Kier molecular flexibility index (Phi) is 4.72. The maximum absolute atomic E-state index is 12.9. The third-order valence-corrected chi connectivity index (χ3v) is 4.02. The topological polar surface area (TPSA) is 59.0 Å². The van der Waals surface area contributed by atoms with Crippen LogP contribution in [0.1, 0.15) is 5.56 Å². The molecule has 25 heavy (non-hydrogen) atoms. The van der Waals surface area contributed by atoms with E-state index in [0.29, 0.717) is 16.4 Å². The van der Waals surface area contributed by atoms with Crippen molar-refractivity contribution in [3.63, 3.8) is 0 Å². The van der Waals surface area contributed by atoms with Crippen molar-refractivity contribution in [3.05, 3.63) is 65.1 Å². The molecule has 3 aromatic rings. The summed E-state index contributed by atoms with van der Waals surface area (Å²) in [6.45, 7) is 1.96. The van der Waals surface area contributed by atoms with Gasteiger partial charge in [-0.1, -0.05) is 17.7 Å². The van der Waals surface area contributed by atoms with E-state index in [1.54, 1.807) is 16.9 Å². The number of aromatic nitrogens is 2. The Hall–Kier alpha value is -2.86. The molecule has 2 N–H and O–H groups in total. The lowest BCUT2D eigenvalue weighted by atomic mass is 10.0. The smallest absolute Gasteiger partial charge is 0.308 e. The van der Waals surface area contributed by atoms with Crippen LogP contribution in [0.25, 0.3) is 11.3 Å². The molecule has 128 valence electrons. The summed E-state index contributed by atoms with van der Waals surface area (Å²) in [5.41, 5.74) is 3.78. The Morgan fingerprint density at radius 3 is 2.40 bits per heavy atom. The average molecular weight is 359 g/mol. The second-order valence-electron chi connectivity index (χ2n) is 5.58. The molecular weight excluding hydrogens is 343 g/mol. The SMILES string of the molecule is Cc1ccc(NC(=O)Nc2ccc(F)cc2)cc1-c1c(Cl)cnn1C. The Bertz CT molecular complexity index is 902. The number of benzene rings is 2. The molecule has 1 aromatic heterocycles. The minimum absolute atomic E-state index is 0.359. The van der Waals surface area contributed by atoms with Crippen molar-refractivity contribution in [1.29, 1.82) is 0 Å². The Labute approximate surface area is 149 Å². The molecule has 0 atom stereocenters. The number of hydrogen-bond donors (Lipinski definition) is 2. The molecule has 0 fully saturated rings. The van der Waals surface area contributed by atoms with Gasteiger partial charge in [-0.2, -0.15) is 5.10 Å². The van der Waals surface area contributed by atoms with Gasteiger partial charge in [-0.15, -0.1) is 0 Å². The molecule has 0 bridgehead atoms. The van der Waals surface area contributed by atoms with Crippen LogP contribution in [0.15, 0.2) is 48.7 Å². The van der Waals surface area contributed by atoms with Crippen LogP contribution < -0.4 is 10.6 Å². The number of nitrogens with one attached hydrogen (secondary N) is 2. The fourth-order valence-electron chi connectivity index (χ4n) is 2.50. The Morgan fingerprint density at radius 2 is 1.76 bits per heavy atom. The number of halogens is 2. The number of carbonyl (C=O) groups is 1. The van der Waals surface area contributed by atoms with Gasteiger partial charge >= 0.3 is 6.03 Å². The Balaban J connectivity index is 1.80. The minimum atomic E-state index is -0.419. The van der Waals surface area contributed by atoms with Gasteiger partial charge in [0, 0.05) is 24.0 Å². The standard InChI is InChI=1S/C18H16ClFN4O/c1-11-3-6-14(9-15(11)17-16(19)10-21-24(17)2)23-18(25)22-13-7-4-12(20)5-8-13/h3-10H,1-2H3,(H2,22,23,25). The molecule has 0 spiro atoms. The van der Waals surface area contributed by atoms with E-state index in [2.05, 4.69) is 15.7 Å². The highest BCUT2D eigenvalue weighted by molar-refractivity contribution is 6.33. The van der Waals surface area contributed by atoms with Crippen LogP contribution in [0.2, 0.25) is 5.02 Å². The van der Waals surface area contributed by atoms with Crippen molar-refractivity contribution in [1.82, 2.24) is 9.78 Å². The number of urea groups is 1. The summed E-state index contributed by atoms with van der Waals surface area (Å²) in [4.78, 5) is 12.1. The van der Waals surface area contributed by atoms with Crippen LogP contribution in [-0.2, 0) is 7.05 Å². The van der Waals surface area contributed by atoms with Crippen LogP contribution in [0, 0.1) is 12.7 Å². The summed E-state index contributed by atoms with van der Waals surface area (Å²) in [5.74, 6) is -0.359. The van der Waals surface area contributed by atoms with E-state index in [4.69, 9.17) is 11.6 Å². The number of aryl methyl sites for hydroxylation is 2. The van der Waals surface area contributed by atoms with Crippen LogP contribution in [0.3, 0.4) is 0 Å². The fourth-order valence-corrected chi connectivity index (χ4v) is 2.76. The summed E-state index contributed by atoms with van der Waals surface area (Å²) >= 11 is 6.22. The molecule has 0 unspecified atom stereocenters. The number of amides is 2. The van der Waals surface area contributed by atoms with Crippen molar-refractivity contribution in [2.24, 2.45) is 7.05 Å². The number of hydrogen-bond acceptors (Lipinski definition) is 2. The van der Waals surface area contributed by atoms with Gasteiger partial charge in [-0.05, 0) is 48.9 Å². The van der Waals surface area contributed by atoms with Gasteiger partial charge in [-0.3, -0.25) is 4.68 Å². The predicted molar refractivity (Wildman–Crippen MR) is 97.4 cm³/mol. The zero-order valence-corrected chi connectivity index (χ0v) is 14.4. The molecule has 7 heteroatoms. The average Bonchev–Trinajstić information content (AvgIpc) is 2.90. The summed E-state index contributed by atoms with van der Waals surface area (Å²) in [5, 5.41) is 10.1. The van der Waals surface area contributed by atoms with Crippen LogP contribution in [-0.4, -0.2) is 15.8 Å². The number of nitrogens with zero attached hydrogens (tertiary/aromatic N) is 2. The third-order valence-electron chi connectivity index (χ3n) is 3.75. The first kappa shape index (κ1) is 17.0. The molecule has 0 saturated heterocycles. The van der Waals surface area contributed by atoms with E-state index < -0.39 is 6.03 Å². The van der Waals surface area contributed by atoms with Gasteiger partial charge in [-0.25, -0.2) is 9.18 Å². The normalized spacial score (nSPS) is 10.6. The highest BCUT2D eigenvalue weighted by Crippen LogP contribution is 2.31. The summed E-state index contributed by atoms with van der Waals surface area (Å²) in [7, 11) is 1.81. The zero-order chi connectivity index (χ0) is 18.0. The lowest BCUT2D eigenvalue weighted by molar-refractivity contribution is 0.262. The maximum Gasteiger partial charge on any atom is 0.323 e. The van der Waals surface area contributed by atoms with Crippen LogP contribution >= 0.6 is 11.6 Å². The molecule has 5 nitrogen and oxygen atoms in total. The molecule has 2 amide bonds. The van der Waals surface area contributed by atoms with E-state index in [1.165, 1.54) is 24.3 Å². The van der Waals surface area contributed by atoms with E-state index in [-0.39, 0.29) is 5.82 Å². The lowest BCUT2D eigenvalue weighted by Gasteiger charge is -2.12. The summed E-state index contributed by atoms with van der Waals surface area (Å²) < 4.78 is 14.6. The molecule has 1 heterocycles. The van der Waals surface area contributed by atoms with Gasteiger partial charge in [0.2, 0.25) is 0 Å². The molecule has 0 saturated carbocycles. The molecular formula is C18H16ClFN4O. The number of rotatable bonds is 3. The van der Waals surface area contributed by atoms with Gasteiger partial charge in [0.1, 0.15) is 5.82 Å². The van der Waals surface area contributed by atoms with Gasteiger partial charge < -0.3 is 10.6 Å². The van der Waals surface area contributed by atoms with E-state index in [0.717, 1.165) is 16.8 Å². The fraction of sp³-hybridized carbons (Fsp3) is 0.111. The first-order valence-corrected chi connectivity index (χ1v) is 7.94. The minimum Gasteiger partial charge on any atom is -0.308 e. The lowest BCUT2D eigenvalue weighted by Crippen LogP contribution is -2.19. The first-order chi connectivity index (χ1) is 11.9. The highest BCUT2D eigenvalue weighted by Gasteiger charge is 2.13. The van der Waals surface area contributed by atoms with Crippen molar-refractivity contribution < 1.29 is 9.18 Å². The molecule has 2 aromatic carbocycles. The largest absolute Gasteiger partial charge is 0.323 e. The van der Waals surface area contributed by atoms with Gasteiger partial charge in [0.15, 0.2) is 0 Å². The van der Waals surface area contributed by atoms with Crippen molar-refractivity contribution in [2.75, 3.05) is 10.6 Å². The van der Waals surface area contributed by atoms with Gasteiger partial charge in [0.05, 0.1) is 16.9 Å². The third kappa shape index (κ3) is 3.80.